The van der Waals surface area contributed by atoms with Crippen LogP contribution in [0.25, 0.3) is 0 Å². The molecule has 0 radical (unpaired) electrons. The molecule has 1 aromatic carbocycles. The van der Waals surface area contributed by atoms with Crippen LogP contribution in [0.1, 0.15) is 44.4 Å². The number of likely N-dealkylation sites (tertiary alicyclic amines) is 1. The fourth-order valence-electron chi connectivity index (χ4n) is 6.23. The van der Waals surface area contributed by atoms with E-state index >= 15 is 0 Å². The molecule has 3 N–H and O–H groups in total. The Kier molecular flexibility index (Phi) is 9.96. The SMILES string of the molecule is CCOC1C(=O)C(=O)C1NCc1nc(Cl)c(N2CCN(C3CCN(Cc4ccc(Cl)cc4F)CC3)[C@@H](CC)C2)nc1N. The Balaban J connectivity index is 1.16. The number of piperazine rings is 1. The third kappa shape index (κ3) is 6.56. The maximum absolute atomic E-state index is 14.3. The Morgan fingerprint density at radius 1 is 1.10 bits per heavy atom. The number of halogens is 3. The molecule has 3 atom stereocenters. The van der Waals surface area contributed by atoms with Gasteiger partial charge in [0.05, 0.1) is 5.69 Å². The number of carbonyl (C=O) groups excluding carboxylic acids is 2. The highest BCUT2D eigenvalue weighted by molar-refractivity contribution is 6.48. The first-order chi connectivity index (χ1) is 20.2. The maximum Gasteiger partial charge on any atom is 0.230 e. The molecule has 1 saturated carbocycles. The summed E-state index contributed by atoms with van der Waals surface area (Å²) in [7, 11) is 0. The lowest BCUT2D eigenvalue weighted by atomic mass is 9.85. The first-order valence-electron chi connectivity index (χ1n) is 14.6. The second-order valence-electron chi connectivity index (χ2n) is 11.1. The number of carbonyl (C=O) groups is 2. The van der Waals surface area contributed by atoms with Crippen LogP contribution in [-0.2, 0) is 27.4 Å². The summed E-state index contributed by atoms with van der Waals surface area (Å²) >= 11 is 12.5. The van der Waals surface area contributed by atoms with E-state index in [0.29, 0.717) is 47.3 Å². The van der Waals surface area contributed by atoms with E-state index in [4.69, 9.17) is 33.7 Å². The standard InChI is InChI=1S/C29H38Cl2FN7O3/c1-3-19-16-38(11-12-39(19)20-7-9-37(10-8-20)15-17-5-6-18(30)13-21(17)32)29-27(31)35-22(28(33)36-29)14-34-23-24(40)25(41)26(23)42-4-2/h5-6,13,19-20,23,26,34H,3-4,7-12,14-16H2,1-2H3,(H2,33,36)/t19-,23?,26?/m0/s1. The third-order valence-electron chi connectivity index (χ3n) is 8.60. The predicted octanol–water partition coefficient (Wildman–Crippen LogP) is 3.09. The number of rotatable bonds is 10. The lowest BCUT2D eigenvalue weighted by molar-refractivity contribution is -0.158. The Morgan fingerprint density at radius 2 is 1.86 bits per heavy atom. The number of nitrogens with two attached hydrogens (primary N) is 1. The number of aromatic nitrogens is 2. The molecule has 2 saturated heterocycles. The molecule has 42 heavy (non-hydrogen) atoms. The van der Waals surface area contributed by atoms with Crippen LogP contribution in [0.5, 0.6) is 0 Å². The topological polar surface area (TPSA) is 117 Å². The van der Waals surface area contributed by atoms with E-state index in [-0.39, 0.29) is 23.3 Å². The molecule has 3 heterocycles. The van der Waals surface area contributed by atoms with Crippen molar-refractivity contribution >= 4 is 46.4 Å². The fraction of sp³-hybridized carbons (Fsp3) is 0.586. The lowest BCUT2D eigenvalue weighted by Crippen LogP contribution is -2.64. The minimum absolute atomic E-state index is 0.140. The molecule has 3 aliphatic rings. The van der Waals surface area contributed by atoms with Gasteiger partial charge in [-0.2, -0.15) is 0 Å². The highest BCUT2D eigenvalue weighted by Crippen LogP contribution is 2.30. The van der Waals surface area contributed by atoms with Gasteiger partial charge in [-0.1, -0.05) is 36.2 Å². The van der Waals surface area contributed by atoms with Crippen LogP contribution in [0.2, 0.25) is 10.2 Å². The largest absolute Gasteiger partial charge is 0.382 e. The van der Waals surface area contributed by atoms with Crippen molar-refractivity contribution in [3.8, 4) is 0 Å². The third-order valence-corrected chi connectivity index (χ3v) is 9.08. The zero-order chi connectivity index (χ0) is 30.0. The van der Waals surface area contributed by atoms with Gasteiger partial charge in [-0.15, -0.1) is 0 Å². The molecule has 2 unspecified atom stereocenters. The Bertz CT molecular complexity index is 1310. The summed E-state index contributed by atoms with van der Waals surface area (Å²) in [6.07, 6.45) is 2.25. The van der Waals surface area contributed by atoms with Gasteiger partial charge < -0.3 is 15.4 Å². The van der Waals surface area contributed by atoms with Crippen molar-refractivity contribution in [2.75, 3.05) is 50.0 Å². The van der Waals surface area contributed by atoms with Gasteiger partial charge in [-0.25, -0.2) is 14.4 Å². The van der Waals surface area contributed by atoms with Gasteiger partial charge in [-0.3, -0.25) is 24.7 Å². The number of hydrogen-bond donors (Lipinski definition) is 2. The molecule has 1 aromatic heterocycles. The Hall–Kier alpha value is -2.41. The first kappa shape index (κ1) is 31.0. The number of nitrogens with one attached hydrogen (secondary N) is 1. The fourth-order valence-corrected chi connectivity index (χ4v) is 6.65. The van der Waals surface area contributed by atoms with Gasteiger partial charge in [0.2, 0.25) is 11.6 Å². The number of hydrogen-bond acceptors (Lipinski definition) is 10. The highest BCUT2D eigenvalue weighted by atomic mass is 35.5. The van der Waals surface area contributed by atoms with E-state index in [9.17, 15) is 14.0 Å². The summed E-state index contributed by atoms with van der Waals surface area (Å²) < 4.78 is 19.7. The van der Waals surface area contributed by atoms with Crippen molar-refractivity contribution in [1.29, 1.82) is 0 Å². The van der Waals surface area contributed by atoms with E-state index < -0.39 is 23.7 Å². The van der Waals surface area contributed by atoms with E-state index in [0.717, 1.165) is 52.0 Å². The van der Waals surface area contributed by atoms with E-state index in [1.807, 2.05) is 0 Å². The Labute approximate surface area is 255 Å². The first-order valence-corrected chi connectivity index (χ1v) is 15.4. The van der Waals surface area contributed by atoms with Gasteiger partial charge >= 0.3 is 0 Å². The van der Waals surface area contributed by atoms with Gasteiger partial charge in [-0.05, 0) is 51.4 Å². The van der Waals surface area contributed by atoms with Crippen molar-refractivity contribution in [2.24, 2.45) is 0 Å². The Morgan fingerprint density at radius 3 is 2.55 bits per heavy atom. The number of ketones is 2. The predicted molar refractivity (Wildman–Crippen MR) is 160 cm³/mol. The molecule has 1 aliphatic carbocycles. The zero-order valence-corrected chi connectivity index (χ0v) is 25.5. The summed E-state index contributed by atoms with van der Waals surface area (Å²) in [4.78, 5) is 39.9. The average molecular weight is 623 g/mol. The van der Waals surface area contributed by atoms with Crippen LogP contribution in [-0.4, -0.2) is 94.9 Å². The zero-order valence-electron chi connectivity index (χ0n) is 24.0. The van der Waals surface area contributed by atoms with Gasteiger partial charge in [0.25, 0.3) is 0 Å². The van der Waals surface area contributed by atoms with Crippen LogP contribution in [0, 0.1) is 5.82 Å². The second kappa shape index (κ2) is 13.5. The number of anilines is 2. The van der Waals surface area contributed by atoms with E-state index in [2.05, 4.69) is 36.9 Å². The molecule has 2 aromatic rings. The van der Waals surface area contributed by atoms with Gasteiger partial charge in [0, 0.05) is 62.0 Å². The molecular formula is C29H38Cl2FN7O3. The number of benzene rings is 1. The summed E-state index contributed by atoms with van der Waals surface area (Å²) in [5, 5.41) is 3.68. The van der Waals surface area contributed by atoms with Crippen molar-refractivity contribution in [1.82, 2.24) is 25.1 Å². The molecule has 10 nitrogen and oxygen atoms in total. The maximum atomic E-state index is 14.3. The van der Waals surface area contributed by atoms with Crippen molar-refractivity contribution < 1.29 is 18.7 Å². The number of ether oxygens (including phenoxy) is 1. The highest BCUT2D eigenvalue weighted by Gasteiger charge is 2.49. The van der Waals surface area contributed by atoms with Crippen LogP contribution >= 0.6 is 23.2 Å². The second-order valence-corrected chi connectivity index (χ2v) is 11.9. The van der Waals surface area contributed by atoms with Crippen LogP contribution in [0.4, 0.5) is 16.0 Å². The molecule has 228 valence electrons. The number of piperidine rings is 1. The van der Waals surface area contributed by atoms with Crippen molar-refractivity contribution in [2.45, 2.75) is 70.4 Å². The number of nitrogens with zero attached hydrogens (tertiary/aromatic N) is 5. The quantitative estimate of drug-likeness (QED) is 0.383. The monoisotopic (exact) mass is 621 g/mol. The van der Waals surface area contributed by atoms with E-state index in [1.165, 1.54) is 6.07 Å². The molecule has 0 amide bonds. The molecule has 0 spiro atoms. The summed E-state index contributed by atoms with van der Waals surface area (Å²) in [5.41, 5.74) is 7.36. The number of Topliss-reactive ketones (excluding diaryl/α,β-unsaturated/α-hetero) is 2. The molecule has 13 heteroatoms. The van der Waals surface area contributed by atoms with Gasteiger partial charge in [0.1, 0.15) is 23.8 Å². The van der Waals surface area contributed by atoms with Crippen LogP contribution < -0.4 is 16.0 Å². The van der Waals surface area contributed by atoms with Crippen molar-refractivity contribution in [3.63, 3.8) is 0 Å². The molecule has 3 fully saturated rings. The molecule has 2 aliphatic heterocycles. The smallest absolute Gasteiger partial charge is 0.230 e. The average Bonchev–Trinajstić information content (AvgIpc) is 2.99. The molecular weight excluding hydrogens is 584 g/mol. The van der Waals surface area contributed by atoms with Crippen molar-refractivity contribution in [3.05, 3.63) is 45.4 Å². The summed E-state index contributed by atoms with van der Waals surface area (Å²) in [6, 6.07) is 4.96. The van der Waals surface area contributed by atoms with Gasteiger partial charge in [0.15, 0.2) is 11.0 Å². The summed E-state index contributed by atoms with van der Waals surface area (Å²) in [6.45, 7) is 9.23. The lowest BCUT2D eigenvalue weighted by Gasteiger charge is -2.47. The minimum atomic E-state index is -0.785. The van der Waals surface area contributed by atoms with Crippen LogP contribution in [0.15, 0.2) is 18.2 Å². The molecule has 5 rings (SSSR count). The summed E-state index contributed by atoms with van der Waals surface area (Å²) in [5.74, 6) is -0.498. The normalized spacial score (nSPS) is 24.3. The minimum Gasteiger partial charge on any atom is -0.382 e. The van der Waals surface area contributed by atoms with E-state index in [1.54, 1.807) is 19.1 Å². The van der Waals surface area contributed by atoms with Crippen LogP contribution in [0.3, 0.4) is 0 Å². The number of nitrogen functional groups attached to an aromatic ring is 1. The molecule has 0 bridgehead atoms.